The maximum atomic E-state index is 12.8. The summed E-state index contributed by atoms with van der Waals surface area (Å²) in [5, 5.41) is 12.7. The Balaban J connectivity index is 1.90. The number of ether oxygens (including phenoxy) is 1. The first-order chi connectivity index (χ1) is 14.5. The fraction of sp³-hybridized carbons (Fsp3) is 0.280. The lowest BCUT2D eigenvalue weighted by Gasteiger charge is -2.28. The number of allylic oxidation sites excluding steroid dienone is 2. The van der Waals surface area contributed by atoms with Gasteiger partial charge in [0, 0.05) is 5.70 Å². The van der Waals surface area contributed by atoms with Crippen molar-refractivity contribution in [2.24, 2.45) is 5.92 Å². The lowest BCUT2D eigenvalue weighted by atomic mass is 9.77. The van der Waals surface area contributed by atoms with Crippen molar-refractivity contribution in [1.82, 2.24) is 5.32 Å². The molecular weight excluding hydrogens is 378 g/mol. The van der Waals surface area contributed by atoms with Gasteiger partial charge in [-0.1, -0.05) is 42.5 Å². The first-order valence-corrected chi connectivity index (χ1v) is 10.1. The molecule has 1 amide bonds. The molecule has 3 rings (SSSR count). The summed E-state index contributed by atoms with van der Waals surface area (Å²) in [6.07, 6.45) is 4.44. The van der Waals surface area contributed by atoms with Crippen molar-refractivity contribution in [2.45, 2.75) is 33.1 Å². The van der Waals surface area contributed by atoms with Crippen LogP contribution < -0.4 is 10.1 Å². The zero-order valence-electron chi connectivity index (χ0n) is 17.6. The van der Waals surface area contributed by atoms with E-state index in [4.69, 9.17) is 4.74 Å². The molecule has 1 atom stereocenters. The second kappa shape index (κ2) is 9.44. The average Bonchev–Trinajstić information content (AvgIpc) is 2.76. The lowest BCUT2D eigenvalue weighted by Crippen LogP contribution is -2.27. The van der Waals surface area contributed by atoms with E-state index in [1.165, 1.54) is 18.2 Å². The normalized spacial score (nSPS) is 16.9. The Morgan fingerprint density at radius 3 is 2.43 bits per heavy atom. The van der Waals surface area contributed by atoms with Gasteiger partial charge >= 0.3 is 5.97 Å². The molecule has 1 aliphatic carbocycles. The number of methoxy groups -OCH3 is 1. The van der Waals surface area contributed by atoms with Crippen LogP contribution in [0.25, 0.3) is 0 Å². The molecular formula is C25H27NO4. The molecule has 0 saturated carbocycles. The van der Waals surface area contributed by atoms with Gasteiger partial charge < -0.3 is 15.2 Å². The highest BCUT2D eigenvalue weighted by Crippen LogP contribution is 2.34. The van der Waals surface area contributed by atoms with Crippen LogP contribution in [0.4, 0.5) is 0 Å². The zero-order valence-corrected chi connectivity index (χ0v) is 17.6. The van der Waals surface area contributed by atoms with Crippen molar-refractivity contribution in [3.8, 4) is 5.75 Å². The summed E-state index contributed by atoms with van der Waals surface area (Å²) in [6.45, 7) is 3.49. The predicted octanol–water partition coefficient (Wildman–Crippen LogP) is 4.54. The number of aryl methyl sites for hydroxylation is 1. The number of hydrogen-bond donors (Lipinski definition) is 2. The van der Waals surface area contributed by atoms with E-state index in [9.17, 15) is 14.7 Å². The number of aliphatic carboxylic acids is 1. The Hall–Kier alpha value is -3.34. The lowest BCUT2D eigenvalue weighted by molar-refractivity contribution is -0.132. The molecule has 0 aromatic heterocycles. The van der Waals surface area contributed by atoms with E-state index in [1.54, 1.807) is 31.2 Å². The third-order valence-corrected chi connectivity index (χ3v) is 5.63. The Labute approximate surface area is 177 Å². The number of carbonyl (C=O) groups is 2. The standard InChI is InChI=1S/C25H27NO4/c1-4-20(19-14-13-17-9-5-6-10-18(17)15-19)23(25(28)29)16(2)26-24(27)21-11-7-8-12-22(21)30-3/h4-12,19H,13-15H2,1-3H3,(H,26,27)(H,28,29)/b20-4-,23-16-. The van der Waals surface area contributed by atoms with Crippen LogP contribution >= 0.6 is 0 Å². The van der Waals surface area contributed by atoms with Gasteiger partial charge in [-0.3, -0.25) is 4.79 Å². The van der Waals surface area contributed by atoms with Crippen LogP contribution in [0.1, 0.15) is 41.8 Å². The number of fused-ring (bicyclic) bond motifs is 1. The minimum absolute atomic E-state index is 0.0918. The van der Waals surface area contributed by atoms with E-state index < -0.39 is 11.9 Å². The summed E-state index contributed by atoms with van der Waals surface area (Å²) in [4.78, 5) is 25.0. The van der Waals surface area contributed by atoms with Gasteiger partial charge in [-0.25, -0.2) is 4.79 Å². The number of rotatable bonds is 6. The first kappa shape index (κ1) is 21.4. The fourth-order valence-corrected chi connectivity index (χ4v) is 4.18. The third-order valence-electron chi connectivity index (χ3n) is 5.63. The topological polar surface area (TPSA) is 75.6 Å². The molecule has 0 saturated heterocycles. The molecule has 0 aliphatic heterocycles. The maximum Gasteiger partial charge on any atom is 0.337 e. The molecule has 1 aliphatic rings. The van der Waals surface area contributed by atoms with E-state index >= 15 is 0 Å². The van der Waals surface area contributed by atoms with Gasteiger partial charge in [0.2, 0.25) is 0 Å². The number of carboxylic acids is 1. The van der Waals surface area contributed by atoms with E-state index in [0.717, 1.165) is 24.8 Å². The van der Waals surface area contributed by atoms with Crippen molar-refractivity contribution in [3.63, 3.8) is 0 Å². The Kier molecular flexibility index (Phi) is 6.72. The van der Waals surface area contributed by atoms with E-state index in [0.29, 0.717) is 17.0 Å². The summed E-state index contributed by atoms with van der Waals surface area (Å²) < 4.78 is 5.25. The highest BCUT2D eigenvalue weighted by atomic mass is 16.5. The molecule has 156 valence electrons. The van der Waals surface area contributed by atoms with Crippen molar-refractivity contribution >= 4 is 11.9 Å². The van der Waals surface area contributed by atoms with Crippen molar-refractivity contribution in [2.75, 3.05) is 7.11 Å². The zero-order chi connectivity index (χ0) is 21.7. The Bertz CT molecular complexity index is 1020. The van der Waals surface area contributed by atoms with Gasteiger partial charge in [0.25, 0.3) is 5.91 Å². The number of benzene rings is 2. The van der Waals surface area contributed by atoms with Crippen LogP contribution in [0.2, 0.25) is 0 Å². The molecule has 30 heavy (non-hydrogen) atoms. The molecule has 5 heteroatoms. The van der Waals surface area contributed by atoms with Gasteiger partial charge in [-0.15, -0.1) is 0 Å². The molecule has 2 aromatic carbocycles. The number of nitrogens with one attached hydrogen (secondary N) is 1. The molecule has 0 heterocycles. The minimum Gasteiger partial charge on any atom is -0.496 e. The number of carboxylic acid groups (broad SMARTS) is 1. The largest absolute Gasteiger partial charge is 0.496 e. The van der Waals surface area contributed by atoms with Crippen molar-refractivity contribution in [1.29, 1.82) is 0 Å². The van der Waals surface area contributed by atoms with Crippen LogP contribution in [-0.2, 0) is 17.6 Å². The number of para-hydroxylation sites is 1. The molecule has 1 unspecified atom stereocenters. The molecule has 0 bridgehead atoms. The predicted molar refractivity (Wildman–Crippen MR) is 117 cm³/mol. The highest BCUT2D eigenvalue weighted by molar-refractivity contribution is 6.00. The van der Waals surface area contributed by atoms with Gasteiger partial charge in [-0.05, 0) is 67.9 Å². The second-order valence-electron chi connectivity index (χ2n) is 7.41. The molecule has 5 nitrogen and oxygen atoms in total. The van der Waals surface area contributed by atoms with Crippen molar-refractivity contribution < 1.29 is 19.4 Å². The quantitative estimate of drug-likeness (QED) is 0.547. The first-order valence-electron chi connectivity index (χ1n) is 10.1. The van der Waals surface area contributed by atoms with Crippen molar-refractivity contribution in [3.05, 3.63) is 88.1 Å². The molecule has 0 fully saturated rings. The summed E-state index contributed by atoms with van der Waals surface area (Å²) >= 11 is 0. The Morgan fingerprint density at radius 2 is 1.77 bits per heavy atom. The van der Waals surface area contributed by atoms with Crippen LogP contribution in [0, 0.1) is 5.92 Å². The summed E-state index contributed by atoms with van der Waals surface area (Å²) in [7, 11) is 1.50. The number of hydrogen-bond acceptors (Lipinski definition) is 3. The monoisotopic (exact) mass is 405 g/mol. The smallest absolute Gasteiger partial charge is 0.337 e. The maximum absolute atomic E-state index is 12.8. The van der Waals surface area contributed by atoms with Crippen LogP contribution in [0.15, 0.2) is 71.5 Å². The summed E-state index contributed by atoms with van der Waals surface area (Å²) in [5.41, 5.74) is 4.18. The van der Waals surface area contributed by atoms with Gasteiger partial charge in [0.1, 0.15) is 5.75 Å². The van der Waals surface area contributed by atoms with Crippen LogP contribution in [0.3, 0.4) is 0 Å². The van der Waals surface area contributed by atoms with E-state index in [1.807, 2.05) is 25.1 Å². The SMILES string of the molecule is C/C=C(\C(C(=O)O)=C(/C)NC(=O)c1ccccc1OC)C1CCc2ccccc2C1. The Morgan fingerprint density at radius 1 is 1.10 bits per heavy atom. The van der Waals surface area contributed by atoms with Gasteiger partial charge in [0.05, 0.1) is 18.2 Å². The van der Waals surface area contributed by atoms with Crippen LogP contribution in [-0.4, -0.2) is 24.1 Å². The van der Waals surface area contributed by atoms with Gasteiger partial charge in [-0.2, -0.15) is 0 Å². The summed E-state index contributed by atoms with van der Waals surface area (Å²) in [6, 6.07) is 15.2. The van der Waals surface area contributed by atoms with E-state index in [-0.39, 0.29) is 11.5 Å². The molecule has 2 aromatic rings. The fourth-order valence-electron chi connectivity index (χ4n) is 4.18. The molecule has 0 spiro atoms. The average molecular weight is 405 g/mol. The third kappa shape index (κ3) is 4.46. The highest BCUT2D eigenvalue weighted by Gasteiger charge is 2.28. The molecule has 0 radical (unpaired) electrons. The second-order valence-corrected chi connectivity index (χ2v) is 7.41. The molecule has 2 N–H and O–H groups in total. The van der Waals surface area contributed by atoms with E-state index in [2.05, 4.69) is 17.4 Å². The van der Waals surface area contributed by atoms with Crippen LogP contribution in [0.5, 0.6) is 5.75 Å². The number of amides is 1. The minimum atomic E-state index is -1.04. The van der Waals surface area contributed by atoms with Gasteiger partial charge in [0.15, 0.2) is 0 Å². The summed E-state index contributed by atoms with van der Waals surface area (Å²) in [5.74, 6) is -0.906. The number of carbonyl (C=O) groups excluding carboxylic acids is 1.